The van der Waals surface area contributed by atoms with Crippen LogP contribution in [0.5, 0.6) is 0 Å². The van der Waals surface area contributed by atoms with Crippen molar-refractivity contribution in [1.82, 2.24) is 0 Å². The Labute approximate surface area is 332 Å². The second-order valence-corrected chi connectivity index (χ2v) is 14.8. The molecule has 0 radical (unpaired) electrons. The summed E-state index contributed by atoms with van der Waals surface area (Å²) in [5.41, 5.74) is 0. The standard InChI is InChI=1S/C44H73O10P/c1-3-5-7-9-11-13-15-17-19-20-22-23-25-27-29-31-33-35-43(47)51-39-42(40-53-55(49,50)52-38-41(46)37-45)54-44(48)36-34-32-30-28-26-24-21-18-16-14-12-10-8-6-4-2/h5,7,11,13-14,16-19,21-23,27,29,41-42,45-46H,3-4,6,8-10,12,15,20,24-26,28,30-40H2,1-2H3,(H,49,50)/b7-5+,13-11+,16-14+,19-17+,21-18+,23-22+,29-27+/t41-,42+/m0/s1. The van der Waals surface area contributed by atoms with Crippen molar-refractivity contribution in [3.63, 3.8) is 0 Å². The predicted octanol–water partition coefficient (Wildman–Crippen LogP) is 10.7. The van der Waals surface area contributed by atoms with Crippen LogP contribution >= 0.6 is 7.82 Å². The Morgan fingerprint density at radius 1 is 0.582 bits per heavy atom. The summed E-state index contributed by atoms with van der Waals surface area (Å²) in [7, 11) is -4.64. The molecule has 0 saturated carbocycles. The molecule has 0 aliphatic heterocycles. The fourth-order valence-corrected chi connectivity index (χ4v) is 5.69. The molecule has 0 fully saturated rings. The van der Waals surface area contributed by atoms with E-state index in [9.17, 15) is 24.2 Å². The van der Waals surface area contributed by atoms with Crippen molar-refractivity contribution in [3.8, 4) is 0 Å². The molecule has 0 bridgehead atoms. The van der Waals surface area contributed by atoms with Gasteiger partial charge in [-0.1, -0.05) is 137 Å². The van der Waals surface area contributed by atoms with Gasteiger partial charge in [-0.2, -0.15) is 0 Å². The summed E-state index contributed by atoms with van der Waals surface area (Å²) in [4.78, 5) is 34.9. The van der Waals surface area contributed by atoms with E-state index in [1.807, 2.05) is 12.2 Å². The number of hydrogen-bond acceptors (Lipinski definition) is 9. The molecule has 1 unspecified atom stereocenters. The third kappa shape index (κ3) is 39.2. The highest BCUT2D eigenvalue weighted by Gasteiger charge is 2.27. The van der Waals surface area contributed by atoms with Gasteiger partial charge in [0.1, 0.15) is 12.7 Å². The van der Waals surface area contributed by atoms with E-state index in [1.54, 1.807) is 0 Å². The second kappa shape index (κ2) is 39.4. The molecule has 0 rings (SSSR count). The maximum Gasteiger partial charge on any atom is 0.472 e. The molecule has 0 aliphatic rings. The van der Waals surface area contributed by atoms with Gasteiger partial charge in [0.2, 0.25) is 0 Å². The lowest BCUT2D eigenvalue weighted by Crippen LogP contribution is -2.29. The number of phosphoric acid groups is 1. The van der Waals surface area contributed by atoms with E-state index in [0.29, 0.717) is 19.3 Å². The molecule has 0 aliphatic carbocycles. The van der Waals surface area contributed by atoms with Gasteiger partial charge in [-0.05, 0) is 77.0 Å². The van der Waals surface area contributed by atoms with Crippen LogP contribution < -0.4 is 0 Å². The van der Waals surface area contributed by atoms with Crippen molar-refractivity contribution in [1.29, 1.82) is 0 Å². The van der Waals surface area contributed by atoms with Gasteiger partial charge in [-0.15, -0.1) is 0 Å². The zero-order chi connectivity index (χ0) is 40.5. The minimum absolute atomic E-state index is 0.149. The SMILES string of the molecule is CC/C=C/C/C=C/C/C=C/C/C=C/C/C=C/CCCC(=O)OC[C@H](COP(=O)(O)OC[C@@H](O)CO)OC(=O)CCCCCCC/C=C/C=C/CCCCCC. The Morgan fingerprint density at radius 2 is 1.07 bits per heavy atom. The number of carbonyl (C=O) groups is 2. The molecule has 11 heteroatoms. The zero-order valence-electron chi connectivity index (χ0n) is 33.9. The van der Waals surface area contributed by atoms with E-state index in [1.165, 1.54) is 25.7 Å². The third-order valence-corrected chi connectivity index (χ3v) is 9.01. The second-order valence-electron chi connectivity index (χ2n) is 13.3. The largest absolute Gasteiger partial charge is 0.472 e. The first-order chi connectivity index (χ1) is 26.7. The highest BCUT2D eigenvalue weighted by molar-refractivity contribution is 7.47. The topological polar surface area (TPSA) is 149 Å². The summed E-state index contributed by atoms with van der Waals surface area (Å²) in [6.45, 7) is 2.13. The van der Waals surface area contributed by atoms with Crippen molar-refractivity contribution in [2.75, 3.05) is 26.4 Å². The van der Waals surface area contributed by atoms with E-state index in [2.05, 4.69) is 91.3 Å². The maximum absolute atomic E-state index is 12.6. The van der Waals surface area contributed by atoms with Crippen LogP contribution in [0.25, 0.3) is 0 Å². The molecule has 0 amide bonds. The molecule has 3 N–H and O–H groups in total. The Bertz CT molecular complexity index is 1190. The van der Waals surface area contributed by atoms with E-state index in [4.69, 9.17) is 19.1 Å². The van der Waals surface area contributed by atoms with Crippen LogP contribution in [0.4, 0.5) is 0 Å². The lowest BCUT2D eigenvalue weighted by Gasteiger charge is -2.20. The Morgan fingerprint density at radius 3 is 1.65 bits per heavy atom. The molecular formula is C44H73O10P. The monoisotopic (exact) mass is 792 g/mol. The van der Waals surface area contributed by atoms with Crippen molar-refractivity contribution < 1.29 is 47.8 Å². The zero-order valence-corrected chi connectivity index (χ0v) is 34.7. The Kier molecular flexibility index (Phi) is 37.3. The summed E-state index contributed by atoms with van der Waals surface area (Å²) in [6, 6.07) is 0. The van der Waals surface area contributed by atoms with Gasteiger partial charge in [-0.25, -0.2) is 4.57 Å². The van der Waals surface area contributed by atoms with Crippen LogP contribution in [0.2, 0.25) is 0 Å². The highest BCUT2D eigenvalue weighted by Crippen LogP contribution is 2.43. The predicted molar refractivity (Wildman–Crippen MR) is 223 cm³/mol. The van der Waals surface area contributed by atoms with Gasteiger partial charge in [0.15, 0.2) is 6.10 Å². The maximum atomic E-state index is 12.6. The lowest BCUT2D eigenvalue weighted by atomic mass is 10.1. The van der Waals surface area contributed by atoms with Crippen LogP contribution in [-0.2, 0) is 32.7 Å². The van der Waals surface area contributed by atoms with E-state index in [0.717, 1.165) is 70.6 Å². The van der Waals surface area contributed by atoms with E-state index < -0.39 is 51.8 Å². The van der Waals surface area contributed by atoms with Gasteiger partial charge in [0, 0.05) is 12.8 Å². The first-order valence-electron chi connectivity index (χ1n) is 20.6. The molecular weight excluding hydrogens is 719 g/mol. The fourth-order valence-electron chi connectivity index (χ4n) is 4.90. The quantitative estimate of drug-likeness (QED) is 0.0182. The van der Waals surface area contributed by atoms with Crippen molar-refractivity contribution in [2.45, 2.75) is 154 Å². The number of phosphoric ester groups is 1. The summed E-state index contributed by atoms with van der Waals surface area (Å²) >= 11 is 0. The van der Waals surface area contributed by atoms with Crippen LogP contribution in [0.3, 0.4) is 0 Å². The summed E-state index contributed by atoms with van der Waals surface area (Å²) in [5, 5.41) is 18.3. The van der Waals surface area contributed by atoms with Crippen molar-refractivity contribution in [2.24, 2.45) is 0 Å². The van der Waals surface area contributed by atoms with Crippen LogP contribution in [0, 0.1) is 0 Å². The summed E-state index contributed by atoms with van der Waals surface area (Å²) < 4.78 is 32.6. The first kappa shape index (κ1) is 52.2. The van der Waals surface area contributed by atoms with Gasteiger partial charge >= 0.3 is 19.8 Å². The van der Waals surface area contributed by atoms with Crippen LogP contribution in [0.15, 0.2) is 85.1 Å². The van der Waals surface area contributed by atoms with Crippen molar-refractivity contribution in [3.05, 3.63) is 85.1 Å². The van der Waals surface area contributed by atoms with Gasteiger partial charge in [0.05, 0.1) is 19.8 Å². The number of carbonyl (C=O) groups excluding carboxylic acids is 2. The lowest BCUT2D eigenvalue weighted by molar-refractivity contribution is -0.161. The average molecular weight is 793 g/mol. The fraction of sp³-hybridized carbons (Fsp3) is 0.636. The van der Waals surface area contributed by atoms with Crippen LogP contribution in [0.1, 0.15) is 142 Å². The number of aliphatic hydroxyl groups excluding tert-OH is 2. The smallest absolute Gasteiger partial charge is 0.462 e. The molecule has 0 aromatic rings. The molecule has 3 atom stereocenters. The van der Waals surface area contributed by atoms with Gasteiger partial charge in [0.25, 0.3) is 0 Å². The molecule has 10 nitrogen and oxygen atoms in total. The third-order valence-electron chi connectivity index (χ3n) is 8.06. The minimum Gasteiger partial charge on any atom is -0.462 e. The average Bonchev–Trinajstić information content (AvgIpc) is 3.17. The highest BCUT2D eigenvalue weighted by atomic mass is 31.2. The normalized spacial score (nSPS) is 14.8. The molecule has 0 aromatic carbocycles. The van der Waals surface area contributed by atoms with E-state index >= 15 is 0 Å². The summed E-state index contributed by atoms with van der Waals surface area (Å²) in [6.07, 6.45) is 45.5. The number of esters is 2. The van der Waals surface area contributed by atoms with Crippen molar-refractivity contribution >= 4 is 19.8 Å². The molecule has 314 valence electrons. The van der Waals surface area contributed by atoms with Crippen LogP contribution in [-0.4, -0.2) is 65.7 Å². The minimum atomic E-state index is -4.64. The molecule has 0 spiro atoms. The Hall–Kier alpha value is -2.85. The Balaban J connectivity index is 4.48. The molecule has 0 saturated heterocycles. The summed E-state index contributed by atoms with van der Waals surface area (Å²) in [5.74, 6) is -1.02. The molecule has 0 heterocycles. The van der Waals surface area contributed by atoms with Gasteiger partial charge < -0.3 is 24.6 Å². The number of unbranched alkanes of at least 4 members (excludes halogenated alkanes) is 10. The number of aliphatic hydroxyl groups is 2. The first-order valence-corrected chi connectivity index (χ1v) is 22.1. The number of hydrogen-bond donors (Lipinski definition) is 3. The van der Waals surface area contributed by atoms with E-state index in [-0.39, 0.29) is 19.4 Å². The van der Waals surface area contributed by atoms with Gasteiger partial charge in [-0.3, -0.25) is 18.6 Å². The number of allylic oxidation sites excluding steroid dienone is 14. The number of ether oxygens (including phenoxy) is 2. The molecule has 55 heavy (non-hydrogen) atoms. The molecule has 0 aromatic heterocycles. The number of rotatable bonds is 37.